The summed E-state index contributed by atoms with van der Waals surface area (Å²) in [6.07, 6.45) is 13.4. The van der Waals surface area contributed by atoms with Gasteiger partial charge in [-0.25, -0.2) is 13.2 Å². The first-order valence-corrected chi connectivity index (χ1v) is 25.0. The molecule has 6 aliphatic heterocycles. The zero-order valence-electron chi connectivity index (χ0n) is 39.6. The molecule has 372 valence electrons. The van der Waals surface area contributed by atoms with Crippen LogP contribution in [0.1, 0.15) is 77.6 Å². The maximum Gasteiger partial charge on any atom is 0.319 e. The summed E-state index contributed by atoms with van der Waals surface area (Å²) in [6, 6.07) is 7.53. The first-order chi connectivity index (χ1) is 34.8. The third-order valence-electron chi connectivity index (χ3n) is 16.1. The van der Waals surface area contributed by atoms with Crippen molar-refractivity contribution in [1.29, 1.82) is 0 Å². The van der Waals surface area contributed by atoms with Gasteiger partial charge in [0, 0.05) is 93.4 Å². The molecule has 1 saturated carbocycles. The molecule has 8 heterocycles. The normalized spacial score (nSPS) is 23.5. The second kappa shape index (κ2) is 18.0. The molecule has 6 fully saturated rings. The molecule has 0 spiro atoms. The van der Waals surface area contributed by atoms with Crippen LogP contribution < -0.4 is 25.2 Å². The molecule has 4 amide bonds. The second-order valence-corrected chi connectivity index (χ2v) is 20.8. The number of hydrogen-bond donors (Lipinski definition) is 3. The Balaban J connectivity index is 0.689. The van der Waals surface area contributed by atoms with Crippen LogP contribution >= 0.6 is 0 Å². The van der Waals surface area contributed by atoms with Crippen molar-refractivity contribution in [2.45, 2.75) is 69.5 Å². The number of rotatable bonds is 11. The number of carbonyl (C=O) groups excluding carboxylic acids is 4. The lowest BCUT2D eigenvalue weighted by molar-refractivity contribution is -0.136. The Bertz CT molecular complexity index is 3140. The lowest BCUT2D eigenvalue weighted by atomic mass is 9.94. The van der Waals surface area contributed by atoms with Gasteiger partial charge in [-0.15, -0.1) is 6.42 Å². The summed E-state index contributed by atoms with van der Waals surface area (Å²) in [5.74, 6) is -1.28. The predicted molar refractivity (Wildman–Crippen MR) is 260 cm³/mol. The summed E-state index contributed by atoms with van der Waals surface area (Å²) in [6.45, 7) is 7.89. The number of piperidine rings is 2. The Morgan fingerprint density at radius 3 is 2.26 bits per heavy atom. The lowest BCUT2D eigenvalue weighted by Crippen LogP contribution is -2.54. The highest BCUT2D eigenvalue weighted by molar-refractivity contribution is 6.23. The van der Waals surface area contributed by atoms with Crippen molar-refractivity contribution >= 4 is 56.8 Å². The van der Waals surface area contributed by atoms with Gasteiger partial charge in [0.2, 0.25) is 11.8 Å². The topological polar surface area (TPSA) is 177 Å². The Labute approximate surface area is 412 Å². The number of phenols is 1. The van der Waals surface area contributed by atoms with Crippen LogP contribution in [0.4, 0.5) is 24.7 Å². The maximum absolute atomic E-state index is 17.1. The molecule has 1 aliphatic carbocycles. The fraction of sp³-hybridized carbons (Fsp3) is 0.453. The molecule has 0 radical (unpaired) electrons. The molecule has 72 heavy (non-hydrogen) atoms. The molecule has 16 nitrogen and oxygen atoms in total. The standard InChI is InChI=1S/C53H53F3N10O6/c1-2-34-39(54)6-3-30-19-33(67)20-37(44(30)34)46-45(56)47-38(23-57-46)48(65-25-31-4-5-32(26-65)58-31)61-52(60-47)72-28-53(11-12-53)27-63-13-9-29(10-14-63)24-62-15-17-64(18-16-62)42-22-36-35(21-40(42)55)50(70)66(51(36)71)41-7-8-43(68)59-49(41)69/h1,3,6,19-23,29,31-32,41,58,67H,4-5,7-18,24-28H2,(H,59,68,69). The van der Waals surface area contributed by atoms with Gasteiger partial charge in [-0.2, -0.15) is 9.97 Å². The number of terminal acetylenes is 1. The van der Waals surface area contributed by atoms with Crippen molar-refractivity contribution in [3.63, 3.8) is 0 Å². The molecule has 2 bridgehead atoms. The largest absolute Gasteiger partial charge is 0.508 e. The van der Waals surface area contributed by atoms with Crippen LogP contribution in [0.15, 0.2) is 42.6 Å². The van der Waals surface area contributed by atoms with E-state index in [0.717, 1.165) is 75.7 Å². The first kappa shape index (κ1) is 46.2. The number of benzene rings is 3. The molecule has 3 N–H and O–H groups in total. The van der Waals surface area contributed by atoms with Gasteiger partial charge >= 0.3 is 6.01 Å². The van der Waals surface area contributed by atoms with Gasteiger partial charge in [-0.1, -0.05) is 12.0 Å². The van der Waals surface area contributed by atoms with Crippen LogP contribution in [0, 0.1) is 41.1 Å². The number of pyridine rings is 1. The minimum Gasteiger partial charge on any atom is -0.508 e. The minimum absolute atomic E-state index is 0.00421. The SMILES string of the molecule is C#Cc1c(F)ccc2cc(O)cc(-c3ncc4c(N5CC6CCC(C5)N6)nc(OCC5(CN6CCC(CN7CCN(c8cc9c(cc8F)C(=O)N(C8CCC(=O)NC8=O)C9=O)CC7)CC6)CC5)nc4c3F)c12. The van der Waals surface area contributed by atoms with Crippen LogP contribution in [0.5, 0.6) is 11.8 Å². The maximum atomic E-state index is 17.1. The summed E-state index contributed by atoms with van der Waals surface area (Å²) >= 11 is 0. The van der Waals surface area contributed by atoms with Crippen molar-refractivity contribution < 1.29 is 42.2 Å². The highest BCUT2D eigenvalue weighted by atomic mass is 19.1. The molecule has 3 atom stereocenters. The van der Waals surface area contributed by atoms with Gasteiger partial charge in [0.25, 0.3) is 11.8 Å². The number of aromatic hydroxyl groups is 1. The Kier molecular flexibility index (Phi) is 11.6. The molecule has 19 heteroatoms. The number of anilines is 2. The highest BCUT2D eigenvalue weighted by Gasteiger charge is 2.47. The van der Waals surface area contributed by atoms with Crippen LogP contribution in [0.3, 0.4) is 0 Å². The van der Waals surface area contributed by atoms with Crippen molar-refractivity contribution in [2.24, 2.45) is 11.3 Å². The van der Waals surface area contributed by atoms with Crippen molar-refractivity contribution in [3.05, 3.63) is 76.7 Å². The minimum atomic E-state index is -1.12. The number of ether oxygens (including phenoxy) is 1. The Hall–Kier alpha value is -6.88. The van der Waals surface area contributed by atoms with E-state index in [-0.39, 0.29) is 86.6 Å². The van der Waals surface area contributed by atoms with E-state index >= 15 is 13.2 Å². The van der Waals surface area contributed by atoms with E-state index in [1.165, 1.54) is 30.3 Å². The van der Waals surface area contributed by atoms with Crippen LogP contribution in [0.25, 0.3) is 32.9 Å². The van der Waals surface area contributed by atoms with Gasteiger partial charge in [0.05, 0.1) is 34.4 Å². The lowest BCUT2D eigenvalue weighted by Gasteiger charge is -2.40. The number of hydrogen-bond acceptors (Lipinski definition) is 14. The second-order valence-electron chi connectivity index (χ2n) is 20.8. The summed E-state index contributed by atoms with van der Waals surface area (Å²) < 4.78 is 54.3. The molecule has 2 aromatic heterocycles. The van der Waals surface area contributed by atoms with E-state index in [4.69, 9.17) is 16.1 Å². The highest BCUT2D eigenvalue weighted by Crippen LogP contribution is 2.47. The summed E-state index contributed by atoms with van der Waals surface area (Å²) in [4.78, 5) is 74.8. The predicted octanol–water partition coefficient (Wildman–Crippen LogP) is 4.98. The number of fused-ring (bicyclic) bond motifs is 5. The number of carbonyl (C=O) groups is 4. The van der Waals surface area contributed by atoms with Crippen molar-refractivity contribution in [2.75, 3.05) is 81.9 Å². The fourth-order valence-electron chi connectivity index (χ4n) is 12.0. The van der Waals surface area contributed by atoms with Crippen LogP contribution in [-0.4, -0.2) is 149 Å². The molecule has 3 unspecified atom stereocenters. The van der Waals surface area contributed by atoms with Crippen molar-refractivity contribution in [1.82, 2.24) is 40.3 Å². The molecule has 3 aromatic carbocycles. The van der Waals surface area contributed by atoms with Crippen LogP contribution in [-0.2, 0) is 9.59 Å². The quantitative estimate of drug-likeness (QED) is 0.119. The number of amides is 4. The summed E-state index contributed by atoms with van der Waals surface area (Å²) in [5, 5.41) is 17.7. The third kappa shape index (κ3) is 8.32. The number of imide groups is 2. The fourth-order valence-corrected chi connectivity index (χ4v) is 12.0. The summed E-state index contributed by atoms with van der Waals surface area (Å²) in [7, 11) is 0. The zero-order valence-corrected chi connectivity index (χ0v) is 39.6. The van der Waals surface area contributed by atoms with Gasteiger partial charge in [-0.05, 0) is 99.7 Å². The Morgan fingerprint density at radius 2 is 1.56 bits per heavy atom. The third-order valence-corrected chi connectivity index (χ3v) is 16.1. The van der Waals surface area contributed by atoms with E-state index in [0.29, 0.717) is 68.4 Å². The molecule has 5 aromatic rings. The monoisotopic (exact) mass is 982 g/mol. The van der Waals surface area contributed by atoms with Gasteiger partial charge < -0.3 is 29.9 Å². The smallest absolute Gasteiger partial charge is 0.319 e. The first-order valence-electron chi connectivity index (χ1n) is 25.0. The molecule has 7 aliphatic rings. The van der Waals surface area contributed by atoms with E-state index in [9.17, 15) is 24.3 Å². The average Bonchev–Trinajstić information content (AvgIpc) is 4.00. The van der Waals surface area contributed by atoms with Gasteiger partial charge in [0.15, 0.2) is 5.82 Å². The van der Waals surface area contributed by atoms with E-state index in [2.05, 4.69) is 41.2 Å². The number of phenolic OH excluding ortho intramolecular Hbond substituents is 1. The molecular formula is C53H53F3N10O6. The number of nitrogens with zero attached hydrogens (tertiary/aromatic N) is 8. The number of nitrogens with one attached hydrogen (secondary N) is 2. The Morgan fingerprint density at radius 1 is 0.819 bits per heavy atom. The summed E-state index contributed by atoms with van der Waals surface area (Å²) in [5.41, 5.74) is 0.119. The number of piperazine rings is 2. The number of halogens is 3. The van der Waals surface area contributed by atoms with E-state index in [1.807, 2.05) is 4.90 Å². The zero-order chi connectivity index (χ0) is 49.6. The molecule has 12 rings (SSSR count). The average molecular weight is 983 g/mol. The number of aromatic nitrogens is 3. The van der Waals surface area contributed by atoms with E-state index in [1.54, 1.807) is 6.20 Å². The van der Waals surface area contributed by atoms with Gasteiger partial charge in [0.1, 0.15) is 40.5 Å². The van der Waals surface area contributed by atoms with Crippen LogP contribution in [0.2, 0.25) is 0 Å². The molecular weight excluding hydrogens is 930 g/mol. The number of likely N-dealkylation sites (tertiary alicyclic amines) is 1. The van der Waals surface area contributed by atoms with E-state index < -0.39 is 47.1 Å². The molecule has 5 saturated heterocycles. The van der Waals surface area contributed by atoms with Gasteiger partial charge in [-0.3, -0.25) is 39.3 Å². The van der Waals surface area contributed by atoms with Crippen molar-refractivity contribution in [3.8, 4) is 35.4 Å².